The number of carbonyl (C=O) groups is 1. The lowest BCUT2D eigenvalue weighted by molar-refractivity contribution is -0.144. The van der Waals surface area contributed by atoms with E-state index < -0.39 is 29.7 Å². The van der Waals surface area contributed by atoms with Gasteiger partial charge in [-0.1, -0.05) is 6.07 Å². The smallest absolute Gasteiger partial charge is 0.350 e. The summed E-state index contributed by atoms with van der Waals surface area (Å²) in [7, 11) is 0. The maximum absolute atomic E-state index is 13.4. The van der Waals surface area contributed by atoms with Crippen LogP contribution in [0.4, 0.5) is 22.0 Å². The van der Waals surface area contributed by atoms with Crippen molar-refractivity contribution in [1.82, 2.24) is 24.9 Å². The number of nitrogens with zero attached hydrogens (tertiary/aromatic N) is 4. The summed E-state index contributed by atoms with van der Waals surface area (Å²) in [6.45, 7) is 4.82. The fourth-order valence-corrected chi connectivity index (χ4v) is 3.11. The van der Waals surface area contributed by atoms with Gasteiger partial charge in [-0.05, 0) is 50.5 Å². The van der Waals surface area contributed by atoms with Crippen LogP contribution in [0.3, 0.4) is 0 Å². The molecule has 0 aliphatic rings. The third-order valence-electron chi connectivity index (χ3n) is 4.73. The van der Waals surface area contributed by atoms with E-state index in [1.165, 1.54) is 6.07 Å². The van der Waals surface area contributed by atoms with Gasteiger partial charge in [-0.3, -0.25) is 4.79 Å². The lowest BCUT2D eigenvalue weighted by Gasteiger charge is -2.15. The lowest BCUT2D eigenvalue weighted by atomic mass is 10.1. The molecule has 3 aromatic rings. The molecule has 1 unspecified atom stereocenters. The molecule has 3 rings (SSSR count). The Hall–Kier alpha value is -3.11. The van der Waals surface area contributed by atoms with E-state index >= 15 is 0 Å². The van der Waals surface area contributed by atoms with Crippen LogP contribution < -0.4 is 5.32 Å². The van der Waals surface area contributed by atoms with Gasteiger partial charge in [-0.2, -0.15) is 18.2 Å². The van der Waals surface area contributed by atoms with Gasteiger partial charge >= 0.3 is 6.18 Å². The molecule has 160 valence electrons. The van der Waals surface area contributed by atoms with Crippen LogP contribution in [0.15, 0.2) is 18.2 Å². The number of benzene rings is 1. The summed E-state index contributed by atoms with van der Waals surface area (Å²) in [5.41, 5.74) is 1.83. The molecule has 0 aliphatic carbocycles. The highest BCUT2D eigenvalue weighted by atomic mass is 19.4. The average molecular weight is 427 g/mol. The number of aromatic nitrogens is 4. The molecule has 6 nitrogen and oxygen atoms in total. The highest BCUT2D eigenvalue weighted by Gasteiger charge is 2.37. The van der Waals surface area contributed by atoms with E-state index in [2.05, 4.69) is 20.4 Å². The monoisotopic (exact) mass is 427 g/mol. The molecule has 0 aliphatic heterocycles. The number of amides is 1. The molecule has 0 saturated heterocycles. The van der Waals surface area contributed by atoms with Crippen molar-refractivity contribution in [3.8, 4) is 0 Å². The zero-order valence-electron chi connectivity index (χ0n) is 16.3. The van der Waals surface area contributed by atoms with E-state index in [0.29, 0.717) is 22.5 Å². The van der Waals surface area contributed by atoms with Crippen molar-refractivity contribution in [2.45, 2.75) is 45.8 Å². The molecule has 2 heterocycles. The highest BCUT2D eigenvalue weighted by molar-refractivity contribution is 5.76. The van der Waals surface area contributed by atoms with Crippen LogP contribution in [-0.4, -0.2) is 25.5 Å². The van der Waals surface area contributed by atoms with E-state index in [1.807, 2.05) is 0 Å². The Kier molecular flexibility index (Phi) is 5.73. The highest BCUT2D eigenvalue weighted by Crippen LogP contribution is 2.27. The standard InChI is InChI=1S/C19H18F5N5O/c1-9(12-4-6-14(20)15(21)8-12)25-16(30)7-5-13-10(2)26-18-27-17(19(22,23)24)28-29(18)11(13)3/h4,6,8-9H,5,7H2,1-3H3,(H,25,30). The molecule has 1 atom stereocenters. The first-order valence-electron chi connectivity index (χ1n) is 9.01. The summed E-state index contributed by atoms with van der Waals surface area (Å²) < 4.78 is 66.0. The number of halogens is 5. The Morgan fingerprint density at radius 1 is 1.17 bits per heavy atom. The molecule has 0 bridgehead atoms. The number of nitrogens with one attached hydrogen (secondary N) is 1. The van der Waals surface area contributed by atoms with Crippen LogP contribution in [-0.2, 0) is 17.4 Å². The van der Waals surface area contributed by atoms with Crippen LogP contribution in [0.5, 0.6) is 0 Å². The molecular weight excluding hydrogens is 409 g/mol. The number of rotatable bonds is 5. The summed E-state index contributed by atoms with van der Waals surface area (Å²) in [6.07, 6.45) is -4.47. The number of fused-ring (bicyclic) bond motifs is 1. The fraction of sp³-hybridized carbons (Fsp3) is 0.368. The molecule has 11 heteroatoms. The largest absolute Gasteiger partial charge is 0.453 e. The van der Waals surface area contributed by atoms with Gasteiger partial charge in [0.1, 0.15) is 0 Å². The van der Waals surface area contributed by atoms with Gasteiger partial charge in [-0.25, -0.2) is 18.3 Å². The number of aryl methyl sites for hydroxylation is 2. The summed E-state index contributed by atoms with van der Waals surface area (Å²) in [4.78, 5) is 19.8. The van der Waals surface area contributed by atoms with Crippen molar-refractivity contribution in [3.05, 3.63) is 58.2 Å². The average Bonchev–Trinajstić information content (AvgIpc) is 3.08. The SMILES string of the molecule is Cc1nc2nc(C(F)(F)F)nn2c(C)c1CCC(=O)NC(C)c1ccc(F)c(F)c1. The van der Waals surface area contributed by atoms with Crippen LogP contribution >= 0.6 is 0 Å². The minimum atomic E-state index is -4.69. The Morgan fingerprint density at radius 3 is 2.50 bits per heavy atom. The summed E-state index contributed by atoms with van der Waals surface area (Å²) >= 11 is 0. The number of hydrogen-bond donors (Lipinski definition) is 1. The quantitative estimate of drug-likeness (QED) is 0.628. The van der Waals surface area contributed by atoms with Gasteiger partial charge in [-0.15, -0.1) is 5.10 Å². The van der Waals surface area contributed by atoms with Crippen LogP contribution in [0.1, 0.15) is 47.7 Å². The minimum absolute atomic E-state index is 0.0176. The first-order valence-corrected chi connectivity index (χ1v) is 9.01. The molecule has 0 spiro atoms. The molecule has 0 radical (unpaired) electrons. The van der Waals surface area contributed by atoms with Crippen molar-refractivity contribution in [3.63, 3.8) is 0 Å². The predicted octanol–water partition coefficient (Wildman–Crippen LogP) is 3.85. The van der Waals surface area contributed by atoms with Crippen molar-refractivity contribution >= 4 is 11.7 Å². The second-order valence-corrected chi connectivity index (χ2v) is 6.87. The van der Waals surface area contributed by atoms with Gasteiger partial charge < -0.3 is 5.32 Å². The maximum Gasteiger partial charge on any atom is 0.453 e. The minimum Gasteiger partial charge on any atom is -0.350 e. The zero-order valence-corrected chi connectivity index (χ0v) is 16.3. The topological polar surface area (TPSA) is 72.2 Å². The normalized spacial score (nSPS) is 12.9. The number of alkyl halides is 3. The van der Waals surface area contributed by atoms with Gasteiger partial charge in [0.25, 0.3) is 11.6 Å². The molecular formula is C19H18F5N5O. The Bertz CT molecular complexity index is 1110. The van der Waals surface area contributed by atoms with Crippen LogP contribution in [0.2, 0.25) is 0 Å². The maximum atomic E-state index is 13.4. The van der Waals surface area contributed by atoms with Crippen molar-refractivity contribution in [2.24, 2.45) is 0 Å². The molecule has 0 fully saturated rings. The molecule has 0 saturated carbocycles. The zero-order chi connectivity index (χ0) is 22.2. The van der Waals surface area contributed by atoms with Crippen LogP contribution in [0, 0.1) is 25.5 Å². The molecule has 30 heavy (non-hydrogen) atoms. The Labute approximate surface area is 168 Å². The second-order valence-electron chi connectivity index (χ2n) is 6.87. The summed E-state index contributed by atoms with van der Waals surface area (Å²) in [5.74, 6) is -3.80. The van der Waals surface area contributed by atoms with E-state index in [9.17, 15) is 26.7 Å². The third-order valence-corrected chi connectivity index (χ3v) is 4.73. The first kappa shape index (κ1) is 21.6. The van der Waals surface area contributed by atoms with Gasteiger partial charge in [0.15, 0.2) is 11.6 Å². The summed E-state index contributed by atoms with van der Waals surface area (Å²) in [6, 6.07) is 2.81. The Balaban J connectivity index is 1.73. The number of carbonyl (C=O) groups excluding carboxylic acids is 1. The number of hydrogen-bond acceptors (Lipinski definition) is 4. The second kappa shape index (κ2) is 7.96. The van der Waals surface area contributed by atoms with Gasteiger partial charge in [0.05, 0.1) is 6.04 Å². The predicted molar refractivity (Wildman–Crippen MR) is 96.5 cm³/mol. The fourth-order valence-electron chi connectivity index (χ4n) is 3.11. The van der Waals surface area contributed by atoms with Gasteiger partial charge in [0, 0.05) is 17.8 Å². The van der Waals surface area contributed by atoms with Gasteiger partial charge in [0.2, 0.25) is 5.91 Å². The molecule has 1 aromatic carbocycles. The van der Waals surface area contributed by atoms with Crippen molar-refractivity contribution in [2.75, 3.05) is 0 Å². The summed E-state index contributed by atoms with van der Waals surface area (Å²) in [5, 5.41) is 6.15. The lowest BCUT2D eigenvalue weighted by Crippen LogP contribution is -2.27. The third kappa shape index (κ3) is 4.39. The Morgan fingerprint density at radius 2 is 1.87 bits per heavy atom. The molecule has 1 amide bonds. The van der Waals surface area contributed by atoms with E-state index in [1.54, 1.807) is 20.8 Å². The van der Waals surface area contributed by atoms with E-state index in [4.69, 9.17) is 0 Å². The van der Waals surface area contributed by atoms with Crippen LogP contribution in [0.25, 0.3) is 5.78 Å². The van der Waals surface area contributed by atoms with E-state index in [-0.39, 0.29) is 24.5 Å². The first-order chi connectivity index (χ1) is 14.0. The molecule has 1 N–H and O–H groups in total. The van der Waals surface area contributed by atoms with Crippen molar-refractivity contribution < 1.29 is 26.7 Å². The van der Waals surface area contributed by atoms with E-state index in [0.717, 1.165) is 16.6 Å². The van der Waals surface area contributed by atoms with Crippen molar-refractivity contribution in [1.29, 1.82) is 0 Å². The molecule has 2 aromatic heterocycles.